The molecule has 0 atom stereocenters. The molecule has 0 bridgehead atoms. The normalized spacial score (nSPS) is 11.4. The second kappa shape index (κ2) is 14.1. The van der Waals surface area contributed by atoms with E-state index in [1.54, 1.807) is 0 Å². The van der Waals surface area contributed by atoms with Crippen LogP contribution in [-0.4, -0.2) is 4.57 Å². The van der Waals surface area contributed by atoms with E-state index in [2.05, 4.69) is 240 Å². The third-order valence-corrected chi connectivity index (χ3v) is 11.5. The molecule has 272 valence electrons. The van der Waals surface area contributed by atoms with Gasteiger partial charge in [0, 0.05) is 27.7 Å². The number of rotatable bonds is 7. The van der Waals surface area contributed by atoms with Crippen LogP contribution in [0.3, 0.4) is 0 Å². The summed E-state index contributed by atoms with van der Waals surface area (Å²) in [7, 11) is 0. The molecule has 0 amide bonds. The standard InChI is InChI=1S/C56H38N2/c1-3-14-39(15-4-1)42-30-33-49(34-31-42)58(54-25-13-24-53-56(54)51-22-11-12-23-52(51)57(53)48-20-5-2-6-21-48)55-38-46(45-28-26-40-16-7-9-18-43(40)36-45)32-35-50(55)47-29-27-41-17-8-10-19-44(41)37-47/h1-38H. The van der Waals surface area contributed by atoms with E-state index in [-0.39, 0.29) is 0 Å². The van der Waals surface area contributed by atoms with Crippen LogP contribution >= 0.6 is 0 Å². The minimum Gasteiger partial charge on any atom is -0.309 e. The van der Waals surface area contributed by atoms with E-state index >= 15 is 0 Å². The number of hydrogen-bond acceptors (Lipinski definition) is 1. The molecule has 1 aromatic heterocycles. The lowest BCUT2D eigenvalue weighted by Gasteiger charge is -2.30. The summed E-state index contributed by atoms with van der Waals surface area (Å²) in [6.07, 6.45) is 0. The maximum atomic E-state index is 2.49. The van der Waals surface area contributed by atoms with Gasteiger partial charge in [-0.2, -0.15) is 0 Å². The van der Waals surface area contributed by atoms with E-state index in [9.17, 15) is 0 Å². The van der Waals surface area contributed by atoms with Crippen molar-refractivity contribution in [1.29, 1.82) is 0 Å². The summed E-state index contributed by atoms with van der Waals surface area (Å²) >= 11 is 0. The van der Waals surface area contributed by atoms with Crippen molar-refractivity contribution in [2.45, 2.75) is 0 Å². The second-order valence-corrected chi connectivity index (χ2v) is 15.0. The molecule has 58 heavy (non-hydrogen) atoms. The van der Waals surface area contributed by atoms with Crippen LogP contribution in [0.5, 0.6) is 0 Å². The first-order valence-corrected chi connectivity index (χ1v) is 19.9. The van der Waals surface area contributed by atoms with Gasteiger partial charge in [0.25, 0.3) is 0 Å². The molecule has 11 aromatic rings. The summed E-state index contributed by atoms with van der Waals surface area (Å²) in [5.74, 6) is 0. The van der Waals surface area contributed by atoms with Crippen LogP contribution in [0.4, 0.5) is 17.1 Å². The number of hydrogen-bond donors (Lipinski definition) is 0. The molecule has 0 aliphatic rings. The Morgan fingerprint density at radius 2 is 0.845 bits per heavy atom. The average Bonchev–Trinajstić information content (AvgIpc) is 3.65. The third kappa shape index (κ3) is 5.82. The first kappa shape index (κ1) is 33.6. The summed E-state index contributed by atoms with van der Waals surface area (Å²) in [5, 5.41) is 7.33. The SMILES string of the molecule is c1ccc(-c2ccc(N(c3cc(-c4ccc5ccccc5c4)ccc3-c3ccc4ccccc4c3)c3cccc4c3c3ccccc3n4-c3ccccc3)cc2)cc1. The molecular weight excluding hydrogens is 701 g/mol. The quantitative estimate of drug-likeness (QED) is 0.158. The molecule has 10 aromatic carbocycles. The van der Waals surface area contributed by atoms with Gasteiger partial charge in [-0.25, -0.2) is 0 Å². The largest absolute Gasteiger partial charge is 0.309 e. The molecular formula is C56H38N2. The highest BCUT2D eigenvalue weighted by molar-refractivity contribution is 6.17. The molecule has 0 saturated carbocycles. The fourth-order valence-electron chi connectivity index (χ4n) is 8.75. The number of para-hydroxylation sites is 2. The predicted molar refractivity (Wildman–Crippen MR) is 247 cm³/mol. The average molecular weight is 739 g/mol. The number of fused-ring (bicyclic) bond motifs is 5. The molecule has 0 saturated heterocycles. The van der Waals surface area contributed by atoms with Crippen LogP contribution in [0.2, 0.25) is 0 Å². The van der Waals surface area contributed by atoms with Crippen molar-refractivity contribution in [3.05, 3.63) is 231 Å². The molecule has 11 rings (SSSR count). The van der Waals surface area contributed by atoms with Crippen LogP contribution < -0.4 is 4.90 Å². The van der Waals surface area contributed by atoms with Crippen molar-refractivity contribution in [3.8, 4) is 39.1 Å². The van der Waals surface area contributed by atoms with E-state index in [1.165, 1.54) is 60.1 Å². The van der Waals surface area contributed by atoms with Gasteiger partial charge in [-0.3, -0.25) is 0 Å². The summed E-state index contributed by atoms with van der Waals surface area (Å²) < 4.78 is 2.40. The lowest BCUT2D eigenvalue weighted by molar-refractivity contribution is 1.18. The zero-order chi connectivity index (χ0) is 38.4. The molecule has 0 unspecified atom stereocenters. The number of anilines is 3. The summed E-state index contributed by atoms with van der Waals surface area (Å²) in [4.78, 5) is 2.49. The number of nitrogens with zero attached hydrogens (tertiary/aromatic N) is 2. The molecule has 1 heterocycles. The predicted octanol–water partition coefficient (Wildman–Crippen LogP) is 15.6. The minimum atomic E-state index is 1.08. The van der Waals surface area contributed by atoms with Gasteiger partial charge in [0.1, 0.15) is 0 Å². The summed E-state index contributed by atoms with van der Waals surface area (Å²) in [6.45, 7) is 0. The molecule has 2 heteroatoms. The molecule has 0 radical (unpaired) electrons. The lowest BCUT2D eigenvalue weighted by Crippen LogP contribution is -2.12. The fraction of sp³-hybridized carbons (Fsp3) is 0. The Kier molecular flexibility index (Phi) is 8.19. The lowest BCUT2D eigenvalue weighted by atomic mass is 9.94. The van der Waals surface area contributed by atoms with Crippen molar-refractivity contribution < 1.29 is 0 Å². The van der Waals surface area contributed by atoms with Gasteiger partial charge in [0.2, 0.25) is 0 Å². The van der Waals surface area contributed by atoms with Crippen LogP contribution in [0, 0.1) is 0 Å². The van der Waals surface area contributed by atoms with Crippen LogP contribution in [0.1, 0.15) is 0 Å². The molecule has 0 aliphatic heterocycles. The summed E-state index contributed by atoms with van der Waals surface area (Å²) in [5.41, 5.74) is 13.8. The van der Waals surface area contributed by atoms with Crippen molar-refractivity contribution in [2.75, 3.05) is 4.90 Å². The smallest absolute Gasteiger partial charge is 0.0562 e. The molecule has 2 nitrogen and oxygen atoms in total. The van der Waals surface area contributed by atoms with E-state index in [4.69, 9.17) is 0 Å². The summed E-state index contributed by atoms with van der Waals surface area (Å²) in [6, 6.07) is 83.9. The zero-order valence-corrected chi connectivity index (χ0v) is 31.8. The van der Waals surface area contributed by atoms with Crippen LogP contribution in [-0.2, 0) is 0 Å². The van der Waals surface area contributed by atoms with Gasteiger partial charge in [-0.05, 0) is 110 Å². The fourth-order valence-corrected chi connectivity index (χ4v) is 8.75. The van der Waals surface area contributed by atoms with Gasteiger partial charge in [0.15, 0.2) is 0 Å². The monoisotopic (exact) mass is 738 g/mol. The van der Waals surface area contributed by atoms with Crippen molar-refractivity contribution in [1.82, 2.24) is 4.57 Å². The van der Waals surface area contributed by atoms with E-state index < -0.39 is 0 Å². The zero-order valence-electron chi connectivity index (χ0n) is 31.8. The highest BCUT2D eigenvalue weighted by Crippen LogP contribution is 2.48. The maximum Gasteiger partial charge on any atom is 0.0562 e. The Bertz CT molecular complexity index is 3270. The van der Waals surface area contributed by atoms with Gasteiger partial charge in [-0.1, -0.05) is 170 Å². The maximum absolute atomic E-state index is 2.49. The van der Waals surface area contributed by atoms with Crippen molar-refractivity contribution in [3.63, 3.8) is 0 Å². The van der Waals surface area contributed by atoms with Gasteiger partial charge in [-0.15, -0.1) is 0 Å². The first-order valence-electron chi connectivity index (χ1n) is 19.9. The number of aromatic nitrogens is 1. The van der Waals surface area contributed by atoms with Crippen LogP contribution in [0.15, 0.2) is 231 Å². The Morgan fingerprint density at radius 1 is 0.310 bits per heavy atom. The Morgan fingerprint density at radius 3 is 1.59 bits per heavy atom. The minimum absolute atomic E-state index is 1.08. The third-order valence-electron chi connectivity index (χ3n) is 11.5. The van der Waals surface area contributed by atoms with Gasteiger partial charge in [0.05, 0.1) is 22.4 Å². The van der Waals surface area contributed by atoms with Gasteiger partial charge >= 0.3 is 0 Å². The first-order chi connectivity index (χ1) is 28.8. The molecule has 0 N–H and O–H groups in total. The highest BCUT2D eigenvalue weighted by Gasteiger charge is 2.24. The van der Waals surface area contributed by atoms with E-state index in [0.717, 1.165) is 39.4 Å². The molecule has 0 aliphatic carbocycles. The Hall–Kier alpha value is -7.68. The van der Waals surface area contributed by atoms with Crippen molar-refractivity contribution in [2.24, 2.45) is 0 Å². The number of benzene rings is 10. The Balaban J connectivity index is 1.22. The topological polar surface area (TPSA) is 8.17 Å². The Labute approximate surface area is 338 Å². The second-order valence-electron chi connectivity index (χ2n) is 15.0. The van der Waals surface area contributed by atoms with Crippen LogP contribution in [0.25, 0.3) is 82.4 Å². The van der Waals surface area contributed by atoms with E-state index in [0.29, 0.717) is 0 Å². The van der Waals surface area contributed by atoms with Crippen molar-refractivity contribution >= 4 is 60.4 Å². The van der Waals surface area contributed by atoms with E-state index in [1.807, 2.05) is 0 Å². The molecule has 0 fully saturated rings. The van der Waals surface area contributed by atoms with Gasteiger partial charge < -0.3 is 9.47 Å². The molecule has 0 spiro atoms. The highest BCUT2D eigenvalue weighted by atomic mass is 15.2.